The van der Waals surface area contributed by atoms with Crippen molar-refractivity contribution in [3.63, 3.8) is 0 Å². The van der Waals surface area contributed by atoms with Crippen molar-refractivity contribution in [1.82, 2.24) is 10.3 Å². The van der Waals surface area contributed by atoms with Gasteiger partial charge in [0, 0.05) is 19.0 Å². The normalized spacial score (nSPS) is 20.4. The molecule has 2 atom stereocenters. The van der Waals surface area contributed by atoms with Crippen LogP contribution in [0.4, 0.5) is 10.9 Å². The Morgan fingerprint density at radius 1 is 1.40 bits per heavy atom. The van der Waals surface area contributed by atoms with Crippen LogP contribution in [0.3, 0.4) is 0 Å². The summed E-state index contributed by atoms with van der Waals surface area (Å²) in [6, 6.07) is 10.4. The fraction of sp³-hybridized carbons (Fsp3) is 0.286. The molecule has 4 N–H and O–H groups in total. The lowest BCUT2D eigenvalue weighted by molar-refractivity contribution is 0.0955. The largest absolute Gasteiger partial charge is 0.382 e. The number of hydrogen-bond donors (Lipinski definition) is 3. The zero-order valence-electron chi connectivity index (χ0n) is 11.1. The minimum absolute atomic E-state index is 0.134. The van der Waals surface area contributed by atoms with Crippen LogP contribution in [-0.2, 0) is 0 Å². The number of nitrogens with zero attached hydrogens (tertiary/aromatic N) is 1. The molecule has 20 heavy (non-hydrogen) atoms. The predicted molar refractivity (Wildman–Crippen MR) is 81.1 cm³/mol. The lowest BCUT2D eigenvalue weighted by Gasteiger charge is -2.03. The van der Waals surface area contributed by atoms with Gasteiger partial charge >= 0.3 is 0 Å². The van der Waals surface area contributed by atoms with Gasteiger partial charge in [-0.3, -0.25) is 4.79 Å². The molecule has 1 aromatic carbocycles. The molecule has 0 aliphatic heterocycles. The summed E-state index contributed by atoms with van der Waals surface area (Å²) in [5, 5.41) is 6.57. The Hall–Kier alpha value is -2.08. The standard InChI is InChI=1S/C14H16N4OS/c1-16-14-18-12(15)11(20-14)13(19)17-10-7-9(10)8-5-3-2-4-6-8/h2-6,9-10H,7,15H2,1H3,(H,16,18)(H,17,19). The van der Waals surface area contributed by atoms with Gasteiger partial charge in [0.1, 0.15) is 10.7 Å². The van der Waals surface area contributed by atoms with E-state index in [0.717, 1.165) is 6.42 Å². The van der Waals surface area contributed by atoms with Crippen LogP contribution in [0.5, 0.6) is 0 Å². The molecule has 6 heteroatoms. The summed E-state index contributed by atoms with van der Waals surface area (Å²) in [6.45, 7) is 0. The summed E-state index contributed by atoms with van der Waals surface area (Å²) < 4.78 is 0. The summed E-state index contributed by atoms with van der Waals surface area (Å²) in [6.07, 6.45) is 0.980. The van der Waals surface area contributed by atoms with Gasteiger partial charge in [-0.05, 0) is 12.0 Å². The highest BCUT2D eigenvalue weighted by Crippen LogP contribution is 2.41. The highest BCUT2D eigenvalue weighted by Gasteiger charge is 2.39. The lowest BCUT2D eigenvalue weighted by atomic mass is 10.1. The Balaban J connectivity index is 1.65. The van der Waals surface area contributed by atoms with Gasteiger partial charge in [0.15, 0.2) is 5.13 Å². The lowest BCUT2D eigenvalue weighted by Crippen LogP contribution is -2.26. The first-order chi connectivity index (χ1) is 9.69. The molecule has 1 heterocycles. The second-order valence-electron chi connectivity index (χ2n) is 4.82. The highest BCUT2D eigenvalue weighted by molar-refractivity contribution is 7.18. The van der Waals surface area contributed by atoms with Crippen LogP contribution in [0.25, 0.3) is 0 Å². The Bertz CT molecular complexity index is 625. The van der Waals surface area contributed by atoms with Crippen molar-refractivity contribution in [2.24, 2.45) is 0 Å². The van der Waals surface area contributed by atoms with E-state index in [9.17, 15) is 4.79 Å². The van der Waals surface area contributed by atoms with Gasteiger partial charge in [-0.2, -0.15) is 0 Å². The number of rotatable bonds is 4. The Labute approximate surface area is 121 Å². The average Bonchev–Trinajstić information content (AvgIpc) is 3.12. The summed E-state index contributed by atoms with van der Waals surface area (Å²) in [7, 11) is 1.76. The maximum atomic E-state index is 12.2. The highest BCUT2D eigenvalue weighted by atomic mass is 32.1. The van der Waals surface area contributed by atoms with E-state index in [0.29, 0.717) is 15.9 Å². The molecule has 2 aromatic rings. The van der Waals surface area contributed by atoms with Gasteiger partial charge in [0.25, 0.3) is 5.91 Å². The molecule has 104 valence electrons. The SMILES string of the molecule is CNc1nc(N)c(C(=O)NC2CC2c2ccccc2)s1. The monoisotopic (exact) mass is 288 g/mol. The van der Waals surface area contributed by atoms with E-state index >= 15 is 0 Å². The molecule has 0 saturated heterocycles. The van der Waals surface area contributed by atoms with E-state index in [-0.39, 0.29) is 17.8 Å². The fourth-order valence-corrected chi connectivity index (χ4v) is 3.00. The molecule has 1 aliphatic rings. The van der Waals surface area contributed by atoms with Crippen molar-refractivity contribution in [3.05, 3.63) is 40.8 Å². The third kappa shape index (κ3) is 2.46. The fourth-order valence-electron chi connectivity index (χ4n) is 2.26. The molecule has 1 fully saturated rings. The van der Waals surface area contributed by atoms with Crippen LogP contribution >= 0.6 is 11.3 Å². The molecule has 1 saturated carbocycles. The Morgan fingerprint density at radius 2 is 2.15 bits per heavy atom. The quantitative estimate of drug-likeness (QED) is 0.804. The number of nitrogen functional groups attached to an aromatic ring is 1. The first-order valence-corrected chi connectivity index (χ1v) is 7.30. The number of thiazole rings is 1. The topological polar surface area (TPSA) is 80.0 Å². The molecule has 1 aliphatic carbocycles. The molecule has 5 nitrogen and oxygen atoms in total. The number of carbonyl (C=O) groups is 1. The first-order valence-electron chi connectivity index (χ1n) is 6.49. The summed E-state index contributed by atoms with van der Waals surface area (Å²) in [5.74, 6) is 0.566. The zero-order chi connectivity index (χ0) is 14.1. The van der Waals surface area contributed by atoms with E-state index in [4.69, 9.17) is 5.73 Å². The van der Waals surface area contributed by atoms with Crippen molar-refractivity contribution in [3.8, 4) is 0 Å². The molecule has 2 unspecified atom stereocenters. The van der Waals surface area contributed by atoms with Crippen molar-refractivity contribution >= 4 is 28.2 Å². The predicted octanol–water partition coefficient (Wildman–Crippen LogP) is 2.05. The second kappa shape index (κ2) is 5.13. The molecular weight excluding hydrogens is 272 g/mol. The molecular formula is C14H16N4OS. The van der Waals surface area contributed by atoms with Crippen LogP contribution in [0.1, 0.15) is 27.6 Å². The number of carbonyl (C=O) groups excluding carboxylic acids is 1. The van der Waals surface area contributed by atoms with Crippen LogP contribution in [0, 0.1) is 0 Å². The summed E-state index contributed by atoms with van der Waals surface area (Å²) in [4.78, 5) is 16.7. The van der Waals surface area contributed by atoms with Crippen LogP contribution in [0.2, 0.25) is 0 Å². The Morgan fingerprint density at radius 3 is 2.80 bits per heavy atom. The number of anilines is 2. The van der Waals surface area contributed by atoms with Gasteiger partial charge in [-0.15, -0.1) is 0 Å². The second-order valence-corrected chi connectivity index (χ2v) is 5.82. The number of nitrogens with two attached hydrogens (primary N) is 1. The van der Waals surface area contributed by atoms with Gasteiger partial charge < -0.3 is 16.4 Å². The number of nitrogens with one attached hydrogen (secondary N) is 2. The van der Waals surface area contributed by atoms with Crippen molar-refractivity contribution in [2.45, 2.75) is 18.4 Å². The van der Waals surface area contributed by atoms with E-state index in [1.165, 1.54) is 16.9 Å². The third-order valence-electron chi connectivity index (χ3n) is 3.41. The van der Waals surface area contributed by atoms with Crippen molar-refractivity contribution in [2.75, 3.05) is 18.1 Å². The van der Waals surface area contributed by atoms with Gasteiger partial charge in [-0.25, -0.2) is 4.98 Å². The Kier molecular flexibility index (Phi) is 3.31. The maximum absolute atomic E-state index is 12.2. The van der Waals surface area contributed by atoms with Gasteiger partial charge in [-0.1, -0.05) is 41.7 Å². The van der Waals surface area contributed by atoms with Crippen molar-refractivity contribution in [1.29, 1.82) is 0 Å². The number of hydrogen-bond acceptors (Lipinski definition) is 5. The summed E-state index contributed by atoms with van der Waals surface area (Å²) >= 11 is 1.28. The van der Waals surface area contributed by atoms with E-state index in [1.807, 2.05) is 18.2 Å². The van der Waals surface area contributed by atoms with E-state index in [2.05, 4.69) is 27.8 Å². The number of benzene rings is 1. The molecule has 0 spiro atoms. The summed E-state index contributed by atoms with van der Waals surface area (Å²) in [5.41, 5.74) is 7.03. The maximum Gasteiger partial charge on any atom is 0.265 e. The van der Waals surface area contributed by atoms with E-state index < -0.39 is 0 Å². The van der Waals surface area contributed by atoms with E-state index in [1.54, 1.807) is 7.05 Å². The minimum atomic E-state index is -0.134. The van der Waals surface area contributed by atoms with Crippen molar-refractivity contribution < 1.29 is 4.79 Å². The number of aromatic nitrogens is 1. The van der Waals surface area contributed by atoms with Crippen LogP contribution < -0.4 is 16.4 Å². The van der Waals surface area contributed by atoms with Gasteiger partial charge in [0.2, 0.25) is 0 Å². The first kappa shape index (κ1) is 12.9. The minimum Gasteiger partial charge on any atom is -0.382 e. The smallest absolute Gasteiger partial charge is 0.265 e. The van der Waals surface area contributed by atoms with Gasteiger partial charge in [0.05, 0.1) is 0 Å². The molecule has 3 rings (SSSR count). The number of amides is 1. The molecule has 1 amide bonds. The molecule has 0 bridgehead atoms. The average molecular weight is 288 g/mol. The molecule has 1 aromatic heterocycles. The zero-order valence-corrected chi connectivity index (χ0v) is 11.9. The third-order valence-corrected chi connectivity index (χ3v) is 4.50. The van der Waals surface area contributed by atoms with Crippen LogP contribution in [-0.4, -0.2) is 24.0 Å². The van der Waals surface area contributed by atoms with Crippen LogP contribution in [0.15, 0.2) is 30.3 Å². The molecule has 0 radical (unpaired) electrons.